The molecule has 2 amide bonds. The van der Waals surface area contributed by atoms with Gasteiger partial charge in [0.2, 0.25) is 0 Å². The van der Waals surface area contributed by atoms with Crippen LogP contribution in [0.25, 0.3) is 6.08 Å². The van der Waals surface area contributed by atoms with Gasteiger partial charge in [0.1, 0.15) is 11.3 Å². The number of benzene rings is 1. The van der Waals surface area contributed by atoms with Crippen molar-refractivity contribution in [3.05, 3.63) is 57.6 Å². The Morgan fingerprint density at radius 1 is 1.15 bits per heavy atom. The van der Waals surface area contributed by atoms with Gasteiger partial charge in [0.15, 0.2) is 0 Å². The van der Waals surface area contributed by atoms with E-state index in [1.54, 1.807) is 24.3 Å². The number of amides is 2. The molecule has 1 aromatic carbocycles. The molecule has 5 nitrogen and oxygen atoms in total. The van der Waals surface area contributed by atoms with Crippen molar-refractivity contribution in [2.75, 3.05) is 5.01 Å². The maximum atomic E-state index is 12.3. The summed E-state index contributed by atoms with van der Waals surface area (Å²) in [6.45, 7) is 0. The van der Waals surface area contributed by atoms with Crippen LogP contribution in [-0.4, -0.2) is 11.8 Å². The lowest BCUT2D eigenvalue weighted by atomic mass is 10.2. The van der Waals surface area contributed by atoms with Crippen molar-refractivity contribution in [3.63, 3.8) is 0 Å². The van der Waals surface area contributed by atoms with Crippen molar-refractivity contribution in [3.8, 4) is 0 Å². The largest absolute Gasteiger partial charge is 0.465 e. The molecule has 0 radical (unpaired) electrons. The lowest BCUT2D eigenvalue weighted by Crippen LogP contribution is -2.35. The van der Waals surface area contributed by atoms with E-state index in [1.165, 1.54) is 17.3 Å². The number of nitrogens with zero attached hydrogens (tertiary/aromatic N) is 1. The first kappa shape index (κ1) is 12.9. The Bertz CT molecular complexity index is 690. The molecule has 2 heterocycles. The molecule has 20 heavy (non-hydrogen) atoms. The van der Waals surface area contributed by atoms with Gasteiger partial charge in [-0.3, -0.25) is 15.0 Å². The van der Waals surface area contributed by atoms with Gasteiger partial charge in [0.25, 0.3) is 11.8 Å². The third kappa shape index (κ3) is 2.34. The van der Waals surface area contributed by atoms with Crippen molar-refractivity contribution in [1.29, 1.82) is 0 Å². The van der Waals surface area contributed by atoms with Crippen LogP contribution in [0.5, 0.6) is 0 Å². The molecule has 1 aliphatic rings. The SMILES string of the molecule is O=C1NN(c2ccc(I)cc2)C(=O)/C1=C/c1ccco1. The second-order valence-corrected chi connectivity index (χ2v) is 5.38. The number of hydrazine groups is 1. The first-order chi connectivity index (χ1) is 9.65. The first-order valence-corrected chi connectivity index (χ1v) is 6.89. The molecule has 100 valence electrons. The maximum Gasteiger partial charge on any atom is 0.282 e. The van der Waals surface area contributed by atoms with E-state index < -0.39 is 11.8 Å². The first-order valence-electron chi connectivity index (χ1n) is 5.81. The minimum Gasteiger partial charge on any atom is -0.465 e. The average molecular weight is 380 g/mol. The lowest BCUT2D eigenvalue weighted by Gasteiger charge is -2.14. The molecule has 3 rings (SSSR count). The summed E-state index contributed by atoms with van der Waals surface area (Å²) >= 11 is 2.17. The van der Waals surface area contributed by atoms with Gasteiger partial charge in [0, 0.05) is 3.57 Å². The number of rotatable bonds is 2. The second kappa shape index (κ2) is 5.12. The van der Waals surface area contributed by atoms with Gasteiger partial charge < -0.3 is 4.42 Å². The molecule has 1 fully saturated rings. The van der Waals surface area contributed by atoms with Crippen LogP contribution in [0.15, 0.2) is 52.7 Å². The van der Waals surface area contributed by atoms with Gasteiger partial charge in [-0.1, -0.05) is 0 Å². The summed E-state index contributed by atoms with van der Waals surface area (Å²) in [6.07, 6.45) is 2.92. The molecule has 0 aliphatic carbocycles. The van der Waals surface area contributed by atoms with E-state index in [0.29, 0.717) is 11.4 Å². The van der Waals surface area contributed by atoms with Gasteiger partial charge in [-0.25, -0.2) is 5.01 Å². The normalized spacial score (nSPS) is 16.9. The van der Waals surface area contributed by atoms with Crippen LogP contribution in [0.1, 0.15) is 5.76 Å². The molecule has 6 heteroatoms. The van der Waals surface area contributed by atoms with Gasteiger partial charge >= 0.3 is 0 Å². The predicted octanol–water partition coefficient (Wildman–Crippen LogP) is 2.35. The predicted molar refractivity (Wildman–Crippen MR) is 81.5 cm³/mol. The third-order valence-electron chi connectivity index (χ3n) is 2.81. The van der Waals surface area contributed by atoms with Crippen LogP contribution in [-0.2, 0) is 9.59 Å². The zero-order chi connectivity index (χ0) is 14.1. The highest BCUT2D eigenvalue weighted by Crippen LogP contribution is 2.22. The highest BCUT2D eigenvalue weighted by molar-refractivity contribution is 14.1. The van der Waals surface area contributed by atoms with E-state index in [-0.39, 0.29) is 5.57 Å². The molecule has 1 saturated heterocycles. The molecule has 0 atom stereocenters. The summed E-state index contributed by atoms with van der Waals surface area (Å²) in [6, 6.07) is 10.7. The van der Waals surface area contributed by atoms with Crippen LogP contribution >= 0.6 is 22.6 Å². The number of hydrogen-bond acceptors (Lipinski definition) is 3. The van der Waals surface area contributed by atoms with Crippen molar-refractivity contribution in [2.24, 2.45) is 0 Å². The van der Waals surface area contributed by atoms with Crippen molar-refractivity contribution in [1.82, 2.24) is 5.43 Å². The fourth-order valence-corrected chi connectivity index (χ4v) is 2.20. The number of furan rings is 1. The van der Waals surface area contributed by atoms with Crippen LogP contribution in [0.2, 0.25) is 0 Å². The average Bonchev–Trinajstić information content (AvgIpc) is 3.04. The van der Waals surface area contributed by atoms with Crippen LogP contribution in [0.4, 0.5) is 5.69 Å². The minimum absolute atomic E-state index is 0.0542. The molecule has 1 aliphatic heterocycles. The molecular formula is C14H9IN2O3. The van der Waals surface area contributed by atoms with Gasteiger partial charge in [-0.2, -0.15) is 0 Å². The third-order valence-corrected chi connectivity index (χ3v) is 3.53. The summed E-state index contributed by atoms with van der Waals surface area (Å²) < 4.78 is 6.17. The van der Waals surface area contributed by atoms with Crippen molar-refractivity contribution in [2.45, 2.75) is 0 Å². The molecule has 1 N–H and O–H groups in total. The molecule has 0 bridgehead atoms. The van der Waals surface area contributed by atoms with Crippen LogP contribution in [0.3, 0.4) is 0 Å². The lowest BCUT2D eigenvalue weighted by molar-refractivity contribution is -0.117. The summed E-state index contributed by atoms with van der Waals surface area (Å²) in [4.78, 5) is 24.1. The number of hydrogen-bond donors (Lipinski definition) is 1. The summed E-state index contributed by atoms with van der Waals surface area (Å²) in [7, 11) is 0. The number of nitrogens with one attached hydrogen (secondary N) is 1. The maximum absolute atomic E-state index is 12.3. The summed E-state index contributed by atoms with van der Waals surface area (Å²) in [5, 5.41) is 1.23. The Kier molecular flexibility index (Phi) is 3.31. The Hall–Kier alpha value is -2.09. The molecule has 0 spiro atoms. The second-order valence-electron chi connectivity index (χ2n) is 4.13. The molecule has 2 aromatic rings. The number of anilines is 1. The quantitative estimate of drug-likeness (QED) is 0.494. The zero-order valence-corrected chi connectivity index (χ0v) is 12.3. The fraction of sp³-hybridized carbons (Fsp3) is 0. The standard InChI is InChI=1S/C14H9IN2O3/c15-9-3-5-10(6-4-9)17-14(19)12(13(18)16-17)8-11-2-1-7-20-11/h1-8H,(H,16,18)/b12-8+. The Labute approximate surface area is 128 Å². The monoisotopic (exact) mass is 380 g/mol. The van der Waals surface area contributed by atoms with Crippen molar-refractivity contribution < 1.29 is 14.0 Å². The molecule has 1 aromatic heterocycles. The number of halogens is 1. The topological polar surface area (TPSA) is 62.6 Å². The van der Waals surface area contributed by atoms with E-state index in [2.05, 4.69) is 28.0 Å². The molecular weight excluding hydrogens is 371 g/mol. The molecule has 0 unspecified atom stereocenters. The van der Waals surface area contributed by atoms with Gasteiger partial charge in [0.05, 0.1) is 12.0 Å². The number of carbonyl (C=O) groups excluding carboxylic acids is 2. The highest BCUT2D eigenvalue weighted by Gasteiger charge is 2.34. The smallest absolute Gasteiger partial charge is 0.282 e. The van der Waals surface area contributed by atoms with Gasteiger partial charge in [-0.15, -0.1) is 0 Å². The van der Waals surface area contributed by atoms with E-state index in [9.17, 15) is 9.59 Å². The van der Waals surface area contributed by atoms with E-state index in [4.69, 9.17) is 4.42 Å². The van der Waals surface area contributed by atoms with E-state index >= 15 is 0 Å². The molecule has 0 saturated carbocycles. The fourth-order valence-electron chi connectivity index (χ4n) is 1.85. The Morgan fingerprint density at radius 3 is 2.55 bits per heavy atom. The van der Waals surface area contributed by atoms with E-state index in [1.807, 2.05) is 12.1 Å². The van der Waals surface area contributed by atoms with Crippen LogP contribution < -0.4 is 10.4 Å². The zero-order valence-electron chi connectivity index (χ0n) is 10.2. The minimum atomic E-state index is -0.440. The van der Waals surface area contributed by atoms with Gasteiger partial charge in [-0.05, 0) is 65.1 Å². The Morgan fingerprint density at radius 2 is 1.90 bits per heavy atom. The summed E-state index contributed by atoms with van der Waals surface area (Å²) in [5.74, 6) is -0.370. The summed E-state index contributed by atoms with van der Waals surface area (Å²) in [5.41, 5.74) is 3.21. The highest BCUT2D eigenvalue weighted by atomic mass is 127. The van der Waals surface area contributed by atoms with Crippen molar-refractivity contribution >= 4 is 46.2 Å². The van der Waals surface area contributed by atoms with E-state index in [0.717, 1.165) is 3.57 Å². The van der Waals surface area contributed by atoms with Crippen LogP contribution in [0, 0.1) is 3.57 Å². The number of carbonyl (C=O) groups is 2. The Balaban J connectivity index is 1.92.